The van der Waals surface area contributed by atoms with Crippen molar-refractivity contribution < 1.29 is 9.84 Å². The van der Waals surface area contributed by atoms with E-state index in [1.165, 1.54) is 5.56 Å². The molecule has 13 heavy (non-hydrogen) atoms. The van der Waals surface area contributed by atoms with Crippen molar-refractivity contribution in [3.63, 3.8) is 0 Å². The summed E-state index contributed by atoms with van der Waals surface area (Å²) < 4.78 is 5.39. The molecule has 0 amide bonds. The maximum Gasteiger partial charge on any atom is 0.123 e. The number of fused-ring (bicyclic) bond motifs is 1. The quantitative estimate of drug-likeness (QED) is 0.594. The lowest BCUT2D eigenvalue weighted by Crippen LogP contribution is -1.86. The molecule has 0 saturated carbocycles. The van der Waals surface area contributed by atoms with E-state index in [-0.39, 0.29) is 6.61 Å². The van der Waals surface area contributed by atoms with Crippen molar-refractivity contribution in [1.29, 1.82) is 0 Å². The molecule has 0 saturated heterocycles. The third kappa shape index (κ3) is 1.51. The summed E-state index contributed by atoms with van der Waals surface area (Å²) in [5, 5.41) is 8.57. The van der Waals surface area contributed by atoms with Crippen LogP contribution in [-0.2, 0) is 6.42 Å². The summed E-state index contributed by atoms with van der Waals surface area (Å²) in [6.07, 6.45) is 0.922. The van der Waals surface area contributed by atoms with E-state index in [4.69, 9.17) is 9.84 Å². The van der Waals surface area contributed by atoms with Gasteiger partial charge in [-0.05, 0) is 12.1 Å². The topological polar surface area (TPSA) is 29.5 Å². The number of rotatable bonds is 0. The fraction of sp³-hybridized carbons (Fsp3) is 0.273. The third-order valence-electron chi connectivity index (χ3n) is 2.04. The molecule has 1 aromatic carbocycles. The normalized spacial score (nSPS) is 12.7. The second kappa shape index (κ2) is 3.51. The number of ether oxygens (including phenoxy) is 1. The second-order valence-electron chi connectivity index (χ2n) is 2.84. The molecule has 1 aliphatic heterocycles. The maximum atomic E-state index is 8.57. The molecule has 0 aliphatic carbocycles. The van der Waals surface area contributed by atoms with Crippen LogP contribution in [0.5, 0.6) is 5.75 Å². The Morgan fingerprint density at radius 3 is 3.23 bits per heavy atom. The first kappa shape index (κ1) is 8.15. The summed E-state index contributed by atoms with van der Waals surface area (Å²) in [6, 6.07) is 5.83. The van der Waals surface area contributed by atoms with Gasteiger partial charge in [0.1, 0.15) is 12.4 Å². The van der Waals surface area contributed by atoms with Crippen molar-refractivity contribution >= 4 is 0 Å². The van der Waals surface area contributed by atoms with Gasteiger partial charge in [0.2, 0.25) is 0 Å². The van der Waals surface area contributed by atoms with E-state index >= 15 is 0 Å². The van der Waals surface area contributed by atoms with Gasteiger partial charge in [-0.25, -0.2) is 0 Å². The number of aliphatic hydroxyl groups excluding tert-OH is 1. The molecule has 66 valence electrons. The van der Waals surface area contributed by atoms with E-state index in [1.807, 2.05) is 18.2 Å². The standard InChI is InChI=1S/C11H10O2/c12-7-2-4-9-3-1-5-11-10(9)6-8-13-11/h1,3,5,12H,6-8H2. The Hall–Kier alpha value is -1.46. The van der Waals surface area contributed by atoms with Gasteiger partial charge < -0.3 is 9.84 Å². The van der Waals surface area contributed by atoms with Gasteiger partial charge >= 0.3 is 0 Å². The molecule has 0 unspecified atom stereocenters. The van der Waals surface area contributed by atoms with Crippen LogP contribution in [0.3, 0.4) is 0 Å². The van der Waals surface area contributed by atoms with Gasteiger partial charge in [0, 0.05) is 17.5 Å². The minimum absolute atomic E-state index is 0.0927. The number of aliphatic hydroxyl groups is 1. The molecule has 0 fully saturated rings. The van der Waals surface area contributed by atoms with Crippen LogP contribution in [0.1, 0.15) is 11.1 Å². The Kier molecular flexibility index (Phi) is 2.20. The number of benzene rings is 1. The molecule has 2 nitrogen and oxygen atoms in total. The van der Waals surface area contributed by atoms with Crippen LogP contribution in [0.4, 0.5) is 0 Å². The highest BCUT2D eigenvalue weighted by molar-refractivity contribution is 5.50. The molecule has 1 aliphatic rings. The van der Waals surface area contributed by atoms with Crippen molar-refractivity contribution in [1.82, 2.24) is 0 Å². The molecule has 1 heterocycles. The molecule has 0 radical (unpaired) electrons. The number of hydrogen-bond acceptors (Lipinski definition) is 2. The first-order chi connectivity index (χ1) is 6.42. The van der Waals surface area contributed by atoms with Crippen molar-refractivity contribution in [2.75, 3.05) is 13.2 Å². The first-order valence-electron chi connectivity index (χ1n) is 4.26. The van der Waals surface area contributed by atoms with Crippen molar-refractivity contribution in [2.45, 2.75) is 6.42 Å². The zero-order valence-corrected chi connectivity index (χ0v) is 7.21. The first-order valence-corrected chi connectivity index (χ1v) is 4.26. The third-order valence-corrected chi connectivity index (χ3v) is 2.04. The second-order valence-corrected chi connectivity index (χ2v) is 2.84. The average Bonchev–Trinajstić information content (AvgIpc) is 2.62. The van der Waals surface area contributed by atoms with Gasteiger partial charge in [-0.2, -0.15) is 0 Å². The number of hydrogen-bond donors (Lipinski definition) is 1. The van der Waals surface area contributed by atoms with Crippen LogP contribution in [-0.4, -0.2) is 18.3 Å². The molecule has 0 atom stereocenters. The molecule has 1 N–H and O–H groups in total. The fourth-order valence-corrected chi connectivity index (χ4v) is 1.47. The highest BCUT2D eigenvalue weighted by Crippen LogP contribution is 2.27. The van der Waals surface area contributed by atoms with Crippen LogP contribution in [0, 0.1) is 11.8 Å². The van der Waals surface area contributed by atoms with Crippen LogP contribution in [0.2, 0.25) is 0 Å². The van der Waals surface area contributed by atoms with E-state index in [0.717, 1.165) is 24.3 Å². The Balaban J connectivity index is 2.41. The molecule has 1 aromatic rings. The van der Waals surface area contributed by atoms with Gasteiger partial charge in [0.05, 0.1) is 6.61 Å². The summed E-state index contributed by atoms with van der Waals surface area (Å²) in [5.41, 5.74) is 2.15. The monoisotopic (exact) mass is 174 g/mol. The van der Waals surface area contributed by atoms with Gasteiger partial charge in [-0.1, -0.05) is 17.9 Å². The van der Waals surface area contributed by atoms with Gasteiger partial charge in [-0.15, -0.1) is 0 Å². The van der Waals surface area contributed by atoms with Gasteiger partial charge in [0.25, 0.3) is 0 Å². The predicted molar refractivity (Wildman–Crippen MR) is 49.6 cm³/mol. The summed E-state index contributed by atoms with van der Waals surface area (Å²) in [4.78, 5) is 0. The van der Waals surface area contributed by atoms with Crippen molar-refractivity contribution in [3.8, 4) is 17.6 Å². The van der Waals surface area contributed by atoms with Crippen LogP contribution >= 0.6 is 0 Å². The van der Waals surface area contributed by atoms with Crippen LogP contribution in [0.15, 0.2) is 18.2 Å². The van der Waals surface area contributed by atoms with E-state index in [9.17, 15) is 0 Å². The van der Waals surface area contributed by atoms with Crippen LogP contribution in [0.25, 0.3) is 0 Å². The van der Waals surface area contributed by atoms with Gasteiger partial charge in [-0.3, -0.25) is 0 Å². The summed E-state index contributed by atoms with van der Waals surface area (Å²) in [5.74, 6) is 6.49. The smallest absolute Gasteiger partial charge is 0.123 e. The van der Waals surface area contributed by atoms with E-state index in [1.54, 1.807) is 0 Å². The summed E-state index contributed by atoms with van der Waals surface area (Å²) in [7, 11) is 0. The molecule has 0 aromatic heterocycles. The molecular weight excluding hydrogens is 164 g/mol. The zero-order valence-electron chi connectivity index (χ0n) is 7.21. The fourth-order valence-electron chi connectivity index (χ4n) is 1.47. The summed E-state index contributed by atoms with van der Waals surface area (Å²) >= 11 is 0. The maximum absolute atomic E-state index is 8.57. The molecule has 0 spiro atoms. The molecule has 2 rings (SSSR count). The molecule has 0 bridgehead atoms. The van der Waals surface area contributed by atoms with E-state index in [2.05, 4.69) is 11.8 Å². The Morgan fingerprint density at radius 2 is 2.38 bits per heavy atom. The molecular formula is C11H10O2. The van der Waals surface area contributed by atoms with Crippen molar-refractivity contribution in [3.05, 3.63) is 29.3 Å². The van der Waals surface area contributed by atoms with E-state index < -0.39 is 0 Å². The predicted octanol–water partition coefficient (Wildman–Crippen LogP) is 0.965. The van der Waals surface area contributed by atoms with E-state index in [0.29, 0.717) is 0 Å². The lowest BCUT2D eigenvalue weighted by atomic mass is 10.1. The Bertz CT molecular complexity index is 371. The summed E-state index contributed by atoms with van der Waals surface area (Å²) in [6.45, 7) is 0.650. The van der Waals surface area contributed by atoms with Gasteiger partial charge in [0.15, 0.2) is 0 Å². The minimum atomic E-state index is -0.0927. The SMILES string of the molecule is OCC#Cc1cccc2c1CCO2. The largest absolute Gasteiger partial charge is 0.493 e. The molecule has 2 heteroatoms. The Morgan fingerprint density at radius 1 is 1.46 bits per heavy atom. The lowest BCUT2D eigenvalue weighted by molar-refractivity contribution is 0.350. The average molecular weight is 174 g/mol. The minimum Gasteiger partial charge on any atom is -0.493 e. The Labute approximate surface area is 77.2 Å². The lowest BCUT2D eigenvalue weighted by Gasteiger charge is -1.99. The highest BCUT2D eigenvalue weighted by Gasteiger charge is 2.13. The van der Waals surface area contributed by atoms with Crippen LogP contribution < -0.4 is 4.74 Å². The zero-order chi connectivity index (χ0) is 9.10. The highest BCUT2D eigenvalue weighted by atomic mass is 16.5. The van der Waals surface area contributed by atoms with Crippen molar-refractivity contribution in [2.24, 2.45) is 0 Å².